The molecule has 3 N–H and O–H groups in total. The molecule has 0 heterocycles. The zero-order valence-corrected chi connectivity index (χ0v) is 13.8. The van der Waals surface area contributed by atoms with E-state index >= 15 is 0 Å². The van der Waals surface area contributed by atoms with E-state index in [1.54, 1.807) is 18.2 Å². The molecule has 21 heavy (non-hydrogen) atoms. The van der Waals surface area contributed by atoms with Crippen LogP contribution in [0, 0.1) is 0 Å². The number of halogens is 1. The summed E-state index contributed by atoms with van der Waals surface area (Å²) in [5.41, 5.74) is 6.83. The average molecular weight is 331 g/mol. The van der Waals surface area contributed by atoms with E-state index in [0.29, 0.717) is 17.0 Å². The molecular formula is C15H23ClN2O2S. The zero-order chi connectivity index (χ0) is 14.5. The average Bonchev–Trinajstić information content (AvgIpc) is 2.47. The van der Waals surface area contributed by atoms with Crippen molar-refractivity contribution in [1.29, 1.82) is 0 Å². The second-order valence-corrected chi connectivity index (χ2v) is 7.22. The van der Waals surface area contributed by atoms with Gasteiger partial charge in [0, 0.05) is 33.5 Å². The molecule has 3 unspecified atom stereocenters. The fourth-order valence-electron chi connectivity index (χ4n) is 2.72. The van der Waals surface area contributed by atoms with Gasteiger partial charge in [-0.2, -0.15) is 0 Å². The van der Waals surface area contributed by atoms with Crippen molar-refractivity contribution in [2.24, 2.45) is 0 Å². The first-order chi connectivity index (χ1) is 9.61. The Hall–Kier alpha value is -1.07. The summed E-state index contributed by atoms with van der Waals surface area (Å²) < 4.78 is 11.9. The maximum Gasteiger partial charge on any atom is 0.253 e. The third-order valence-electron chi connectivity index (χ3n) is 3.82. The summed E-state index contributed by atoms with van der Waals surface area (Å²) in [5, 5.41) is 3.25. The van der Waals surface area contributed by atoms with Crippen molar-refractivity contribution in [2.45, 2.75) is 43.9 Å². The van der Waals surface area contributed by atoms with E-state index < -0.39 is 10.8 Å². The minimum absolute atomic E-state index is 0. The minimum atomic E-state index is -0.774. The Morgan fingerprint density at radius 3 is 2.76 bits per heavy atom. The van der Waals surface area contributed by atoms with Gasteiger partial charge in [-0.15, -0.1) is 12.4 Å². The zero-order valence-electron chi connectivity index (χ0n) is 12.2. The van der Waals surface area contributed by atoms with Crippen molar-refractivity contribution in [2.75, 3.05) is 11.5 Å². The fraction of sp³-hybridized carbons (Fsp3) is 0.533. The van der Waals surface area contributed by atoms with Gasteiger partial charge in [0.2, 0.25) is 0 Å². The SMILES string of the molecule is CCS(=O)C1CCCC(NC(=O)c2ccccc2N)C1.Cl. The van der Waals surface area contributed by atoms with Gasteiger partial charge in [0.05, 0.1) is 5.56 Å². The molecule has 0 spiro atoms. The number of benzene rings is 1. The number of carbonyl (C=O) groups is 1. The van der Waals surface area contributed by atoms with Crippen LogP contribution in [0.1, 0.15) is 43.0 Å². The molecule has 118 valence electrons. The number of hydrogen-bond donors (Lipinski definition) is 2. The third kappa shape index (κ3) is 4.71. The van der Waals surface area contributed by atoms with Gasteiger partial charge in [-0.1, -0.05) is 25.5 Å². The van der Waals surface area contributed by atoms with Gasteiger partial charge in [-0.05, 0) is 31.4 Å². The molecule has 1 saturated carbocycles. The van der Waals surface area contributed by atoms with Crippen molar-refractivity contribution in [1.82, 2.24) is 5.32 Å². The second-order valence-electron chi connectivity index (χ2n) is 5.22. The summed E-state index contributed by atoms with van der Waals surface area (Å²) in [6.45, 7) is 1.95. The molecular weight excluding hydrogens is 308 g/mol. The molecule has 6 heteroatoms. The summed E-state index contributed by atoms with van der Waals surface area (Å²) in [5.74, 6) is 0.563. The van der Waals surface area contributed by atoms with Gasteiger partial charge < -0.3 is 11.1 Å². The quantitative estimate of drug-likeness (QED) is 0.833. The highest BCUT2D eigenvalue weighted by atomic mass is 35.5. The second kappa shape index (κ2) is 8.39. The number of hydrogen-bond acceptors (Lipinski definition) is 3. The van der Waals surface area contributed by atoms with E-state index in [9.17, 15) is 9.00 Å². The fourth-order valence-corrected chi connectivity index (χ4v) is 4.07. The number of para-hydroxylation sites is 1. The summed E-state index contributed by atoms with van der Waals surface area (Å²) in [6, 6.07) is 7.19. The van der Waals surface area contributed by atoms with Gasteiger partial charge in [0.25, 0.3) is 5.91 Å². The molecule has 0 aromatic heterocycles. The van der Waals surface area contributed by atoms with Gasteiger partial charge >= 0.3 is 0 Å². The number of anilines is 1. The van der Waals surface area contributed by atoms with Crippen LogP contribution >= 0.6 is 12.4 Å². The molecule has 0 radical (unpaired) electrons. The lowest BCUT2D eigenvalue weighted by Gasteiger charge is -2.29. The number of carbonyl (C=O) groups excluding carboxylic acids is 1. The maximum atomic E-state index is 12.2. The Kier molecular flexibility index (Phi) is 7.18. The van der Waals surface area contributed by atoms with Gasteiger partial charge in [-0.25, -0.2) is 0 Å². The van der Waals surface area contributed by atoms with Crippen LogP contribution < -0.4 is 11.1 Å². The summed E-state index contributed by atoms with van der Waals surface area (Å²) in [4.78, 5) is 12.2. The normalized spacial score (nSPS) is 22.9. The van der Waals surface area contributed by atoms with E-state index in [2.05, 4.69) is 5.32 Å². The number of amides is 1. The first kappa shape index (κ1) is 18.0. The first-order valence-corrected chi connectivity index (χ1v) is 8.52. The Morgan fingerprint density at radius 1 is 1.38 bits per heavy atom. The van der Waals surface area contributed by atoms with E-state index in [-0.39, 0.29) is 29.6 Å². The highest BCUT2D eigenvalue weighted by Crippen LogP contribution is 2.23. The summed E-state index contributed by atoms with van der Waals surface area (Å²) in [6.07, 6.45) is 3.78. The molecule has 1 fully saturated rings. The molecule has 1 aromatic rings. The number of rotatable bonds is 4. The molecule has 0 bridgehead atoms. The van der Waals surface area contributed by atoms with E-state index in [1.165, 1.54) is 0 Å². The molecule has 0 saturated heterocycles. The molecule has 1 aliphatic rings. The molecule has 0 aliphatic heterocycles. The predicted octanol–water partition coefficient (Wildman–Crippen LogP) is 2.50. The predicted molar refractivity (Wildman–Crippen MR) is 90.3 cm³/mol. The number of nitrogens with one attached hydrogen (secondary N) is 1. The first-order valence-electron chi connectivity index (χ1n) is 7.14. The van der Waals surface area contributed by atoms with E-state index in [0.717, 1.165) is 25.7 Å². The molecule has 1 amide bonds. The highest BCUT2D eigenvalue weighted by Gasteiger charge is 2.26. The van der Waals surface area contributed by atoms with Crippen molar-refractivity contribution in [3.8, 4) is 0 Å². The summed E-state index contributed by atoms with van der Waals surface area (Å²) >= 11 is 0. The molecule has 1 aliphatic carbocycles. The van der Waals surface area contributed by atoms with Crippen LogP contribution in [0.15, 0.2) is 24.3 Å². The van der Waals surface area contributed by atoms with Crippen LogP contribution in [0.3, 0.4) is 0 Å². The van der Waals surface area contributed by atoms with Crippen LogP contribution in [-0.4, -0.2) is 27.2 Å². The van der Waals surface area contributed by atoms with Gasteiger partial charge in [0.15, 0.2) is 0 Å². The van der Waals surface area contributed by atoms with E-state index in [4.69, 9.17) is 5.73 Å². The minimum Gasteiger partial charge on any atom is -0.398 e. The van der Waals surface area contributed by atoms with Crippen LogP contribution in [0.5, 0.6) is 0 Å². The molecule has 4 nitrogen and oxygen atoms in total. The van der Waals surface area contributed by atoms with Crippen LogP contribution in [-0.2, 0) is 10.8 Å². The van der Waals surface area contributed by atoms with Crippen molar-refractivity contribution >= 4 is 34.8 Å². The topological polar surface area (TPSA) is 72.2 Å². The van der Waals surface area contributed by atoms with E-state index in [1.807, 2.05) is 13.0 Å². The van der Waals surface area contributed by atoms with Crippen molar-refractivity contribution in [3.63, 3.8) is 0 Å². The Balaban J connectivity index is 0.00000220. The number of nitrogens with two attached hydrogens (primary N) is 1. The highest BCUT2D eigenvalue weighted by molar-refractivity contribution is 7.85. The monoisotopic (exact) mass is 330 g/mol. The standard InChI is InChI=1S/C15H22N2O2S.ClH/c1-2-20(19)12-7-5-6-11(10-12)17-15(18)13-8-3-4-9-14(13)16;/h3-4,8-9,11-12H,2,5-7,10,16H2,1H3,(H,17,18);1H. The van der Waals surface area contributed by atoms with Crippen LogP contribution in [0.25, 0.3) is 0 Å². The lowest BCUT2D eigenvalue weighted by atomic mass is 9.94. The van der Waals surface area contributed by atoms with Crippen LogP contribution in [0.2, 0.25) is 0 Å². The Morgan fingerprint density at radius 2 is 2.10 bits per heavy atom. The third-order valence-corrected chi connectivity index (χ3v) is 5.56. The molecule has 3 atom stereocenters. The Labute approximate surface area is 134 Å². The lowest BCUT2D eigenvalue weighted by molar-refractivity contribution is 0.0929. The molecule has 2 rings (SSSR count). The Bertz CT molecular complexity index is 510. The largest absolute Gasteiger partial charge is 0.398 e. The maximum absolute atomic E-state index is 12.2. The smallest absolute Gasteiger partial charge is 0.253 e. The van der Waals surface area contributed by atoms with Crippen molar-refractivity contribution in [3.05, 3.63) is 29.8 Å². The van der Waals surface area contributed by atoms with Crippen LogP contribution in [0.4, 0.5) is 5.69 Å². The summed E-state index contributed by atoms with van der Waals surface area (Å²) in [7, 11) is -0.774. The van der Waals surface area contributed by atoms with Crippen molar-refractivity contribution < 1.29 is 9.00 Å². The molecule has 1 aromatic carbocycles. The lowest BCUT2D eigenvalue weighted by Crippen LogP contribution is -2.41. The number of nitrogen functional groups attached to an aromatic ring is 1. The van der Waals surface area contributed by atoms with Gasteiger partial charge in [0.1, 0.15) is 0 Å². The van der Waals surface area contributed by atoms with Gasteiger partial charge in [-0.3, -0.25) is 9.00 Å².